The first-order chi connectivity index (χ1) is 6.47. The summed E-state index contributed by atoms with van der Waals surface area (Å²) in [5.74, 6) is 0.801. The van der Waals surface area contributed by atoms with Crippen molar-refractivity contribution in [3.63, 3.8) is 0 Å². The standard InChI is InChI=1S/C12H16BrN/c1-12(2,3)10-6-9(8-4-5-8)7-11(13)14-10/h6-8H,4-5H2,1-3H3. The summed E-state index contributed by atoms with van der Waals surface area (Å²) in [6, 6.07) is 4.43. The SMILES string of the molecule is CC(C)(C)c1cc(C2CC2)cc(Br)n1. The van der Waals surface area contributed by atoms with E-state index in [9.17, 15) is 0 Å². The van der Waals surface area contributed by atoms with Gasteiger partial charge in [-0.25, -0.2) is 4.98 Å². The highest BCUT2D eigenvalue weighted by molar-refractivity contribution is 9.10. The minimum Gasteiger partial charge on any atom is -0.245 e. The highest BCUT2D eigenvalue weighted by Gasteiger charge is 2.26. The molecule has 1 heterocycles. The van der Waals surface area contributed by atoms with Gasteiger partial charge in [-0.3, -0.25) is 0 Å². The summed E-state index contributed by atoms with van der Waals surface area (Å²) in [5, 5.41) is 0. The summed E-state index contributed by atoms with van der Waals surface area (Å²) in [6.45, 7) is 6.62. The van der Waals surface area contributed by atoms with E-state index < -0.39 is 0 Å². The van der Waals surface area contributed by atoms with Crippen molar-refractivity contribution in [3.8, 4) is 0 Å². The van der Waals surface area contributed by atoms with E-state index in [1.165, 1.54) is 24.1 Å². The fourth-order valence-electron chi connectivity index (χ4n) is 1.55. The van der Waals surface area contributed by atoms with Crippen LogP contribution in [0, 0.1) is 0 Å². The first-order valence-corrected chi connectivity index (χ1v) is 5.94. The van der Waals surface area contributed by atoms with Crippen LogP contribution < -0.4 is 0 Å². The van der Waals surface area contributed by atoms with Crippen LogP contribution in [0.25, 0.3) is 0 Å². The van der Waals surface area contributed by atoms with Crippen molar-refractivity contribution in [3.05, 3.63) is 28.0 Å². The molecule has 1 nitrogen and oxygen atoms in total. The van der Waals surface area contributed by atoms with Gasteiger partial charge in [0, 0.05) is 11.1 Å². The lowest BCUT2D eigenvalue weighted by atomic mass is 9.90. The van der Waals surface area contributed by atoms with Crippen molar-refractivity contribution in [1.29, 1.82) is 0 Å². The van der Waals surface area contributed by atoms with Crippen molar-refractivity contribution in [2.45, 2.75) is 44.9 Å². The van der Waals surface area contributed by atoms with Crippen molar-refractivity contribution >= 4 is 15.9 Å². The van der Waals surface area contributed by atoms with Crippen LogP contribution in [0.3, 0.4) is 0 Å². The Bertz CT molecular complexity index is 348. The first-order valence-electron chi connectivity index (χ1n) is 5.15. The second-order valence-electron chi connectivity index (χ2n) is 5.13. The molecule has 1 fully saturated rings. The van der Waals surface area contributed by atoms with Gasteiger partial charge in [0.25, 0.3) is 0 Å². The van der Waals surface area contributed by atoms with Gasteiger partial charge < -0.3 is 0 Å². The van der Waals surface area contributed by atoms with Crippen molar-refractivity contribution in [1.82, 2.24) is 4.98 Å². The highest BCUT2D eigenvalue weighted by Crippen LogP contribution is 2.41. The lowest BCUT2D eigenvalue weighted by Gasteiger charge is -2.18. The van der Waals surface area contributed by atoms with E-state index >= 15 is 0 Å². The van der Waals surface area contributed by atoms with Gasteiger partial charge in [-0.15, -0.1) is 0 Å². The van der Waals surface area contributed by atoms with E-state index in [0.717, 1.165) is 10.5 Å². The largest absolute Gasteiger partial charge is 0.245 e. The van der Waals surface area contributed by atoms with Crippen molar-refractivity contribution in [2.75, 3.05) is 0 Å². The normalized spacial score (nSPS) is 17.1. The molecule has 76 valence electrons. The second-order valence-corrected chi connectivity index (χ2v) is 5.95. The lowest BCUT2D eigenvalue weighted by Crippen LogP contribution is -2.14. The fraction of sp³-hybridized carbons (Fsp3) is 0.583. The molecule has 0 saturated heterocycles. The third-order valence-electron chi connectivity index (χ3n) is 2.63. The molecular weight excluding hydrogens is 238 g/mol. The van der Waals surface area contributed by atoms with E-state index in [-0.39, 0.29) is 5.41 Å². The molecule has 0 aromatic carbocycles. The average molecular weight is 254 g/mol. The summed E-state index contributed by atoms with van der Waals surface area (Å²) in [5.41, 5.74) is 2.79. The van der Waals surface area contributed by atoms with Gasteiger partial charge in [0.2, 0.25) is 0 Å². The summed E-state index contributed by atoms with van der Waals surface area (Å²) >= 11 is 3.49. The van der Waals surface area contributed by atoms with Crippen molar-refractivity contribution in [2.24, 2.45) is 0 Å². The fourth-order valence-corrected chi connectivity index (χ4v) is 2.01. The maximum absolute atomic E-state index is 4.53. The Morgan fingerprint density at radius 3 is 2.43 bits per heavy atom. The molecule has 0 unspecified atom stereocenters. The molecule has 1 aromatic heterocycles. The van der Waals surface area contributed by atoms with Crippen LogP contribution in [0.4, 0.5) is 0 Å². The van der Waals surface area contributed by atoms with E-state index in [1.54, 1.807) is 0 Å². The second kappa shape index (κ2) is 3.34. The molecule has 0 bridgehead atoms. The molecule has 0 N–H and O–H groups in total. The number of aromatic nitrogens is 1. The van der Waals surface area contributed by atoms with Crippen LogP contribution in [0.15, 0.2) is 16.7 Å². The summed E-state index contributed by atoms with van der Waals surface area (Å²) in [7, 11) is 0. The molecule has 0 amide bonds. The Kier molecular flexibility index (Phi) is 2.42. The zero-order valence-corrected chi connectivity index (χ0v) is 10.6. The number of hydrogen-bond donors (Lipinski definition) is 0. The Balaban J connectivity index is 2.41. The Morgan fingerprint density at radius 1 is 1.29 bits per heavy atom. The number of pyridine rings is 1. The predicted octanol–water partition coefficient (Wildman–Crippen LogP) is 4.02. The molecule has 1 aliphatic carbocycles. The van der Waals surface area contributed by atoms with Gasteiger partial charge in [0.15, 0.2) is 0 Å². The first kappa shape index (κ1) is 10.2. The number of halogens is 1. The molecule has 0 radical (unpaired) electrons. The smallest absolute Gasteiger partial charge is 0.106 e. The van der Waals surface area contributed by atoms with E-state index in [2.05, 4.69) is 53.8 Å². The van der Waals surface area contributed by atoms with Gasteiger partial charge in [-0.1, -0.05) is 20.8 Å². The van der Waals surface area contributed by atoms with Gasteiger partial charge in [0.05, 0.1) is 0 Å². The van der Waals surface area contributed by atoms with Gasteiger partial charge >= 0.3 is 0 Å². The zero-order chi connectivity index (χ0) is 10.3. The Labute approximate surface area is 94.1 Å². The minimum atomic E-state index is 0.146. The molecule has 0 aliphatic heterocycles. The summed E-state index contributed by atoms with van der Waals surface area (Å²) in [6.07, 6.45) is 2.69. The van der Waals surface area contributed by atoms with E-state index in [4.69, 9.17) is 0 Å². The number of nitrogens with zero attached hydrogens (tertiary/aromatic N) is 1. The quantitative estimate of drug-likeness (QED) is 0.690. The number of hydrogen-bond acceptors (Lipinski definition) is 1. The van der Waals surface area contributed by atoms with E-state index in [0.29, 0.717) is 0 Å². The van der Waals surface area contributed by atoms with Crippen molar-refractivity contribution < 1.29 is 0 Å². The lowest BCUT2D eigenvalue weighted by molar-refractivity contribution is 0.566. The van der Waals surface area contributed by atoms with E-state index in [1.807, 2.05) is 0 Å². The molecule has 0 spiro atoms. The van der Waals surface area contributed by atoms with Gasteiger partial charge in [-0.05, 0) is 52.4 Å². The van der Waals surface area contributed by atoms with Crippen LogP contribution in [0.1, 0.15) is 50.8 Å². The minimum absolute atomic E-state index is 0.146. The molecular formula is C12H16BrN. The molecule has 1 saturated carbocycles. The highest BCUT2D eigenvalue weighted by atomic mass is 79.9. The molecule has 2 heteroatoms. The zero-order valence-electron chi connectivity index (χ0n) is 8.97. The maximum atomic E-state index is 4.53. The van der Waals surface area contributed by atoms with Crippen LogP contribution >= 0.6 is 15.9 Å². The molecule has 2 rings (SSSR count). The van der Waals surface area contributed by atoms with Crippen LogP contribution in [0.5, 0.6) is 0 Å². The van der Waals surface area contributed by atoms with Gasteiger partial charge in [0.1, 0.15) is 4.60 Å². The number of rotatable bonds is 1. The average Bonchev–Trinajstić information content (AvgIpc) is 2.83. The van der Waals surface area contributed by atoms with Crippen LogP contribution in [-0.4, -0.2) is 4.98 Å². The summed E-state index contributed by atoms with van der Waals surface area (Å²) < 4.78 is 0.979. The Hall–Kier alpha value is -0.370. The maximum Gasteiger partial charge on any atom is 0.106 e. The predicted molar refractivity (Wildman–Crippen MR) is 62.6 cm³/mol. The molecule has 0 atom stereocenters. The molecule has 14 heavy (non-hydrogen) atoms. The molecule has 1 aliphatic rings. The van der Waals surface area contributed by atoms with Gasteiger partial charge in [-0.2, -0.15) is 0 Å². The monoisotopic (exact) mass is 253 g/mol. The van der Waals surface area contributed by atoms with Crippen LogP contribution in [0.2, 0.25) is 0 Å². The third kappa shape index (κ3) is 2.17. The third-order valence-corrected chi connectivity index (χ3v) is 3.04. The summed E-state index contributed by atoms with van der Waals surface area (Å²) in [4.78, 5) is 4.53. The topological polar surface area (TPSA) is 12.9 Å². The molecule has 1 aromatic rings. The Morgan fingerprint density at radius 2 is 1.93 bits per heavy atom. The van der Waals surface area contributed by atoms with Crippen LogP contribution in [-0.2, 0) is 5.41 Å².